The van der Waals surface area contributed by atoms with Crippen molar-refractivity contribution in [1.82, 2.24) is 0 Å². The highest BCUT2D eigenvalue weighted by atomic mass is 16.6. The van der Waals surface area contributed by atoms with Crippen LogP contribution < -0.4 is 15.1 Å². The van der Waals surface area contributed by atoms with Gasteiger partial charge in [0, 0.05) is 16.3 Å². The molecule has 0 saturated heterocycles. The first-order valence-electron chi connectivity index (χ1n) is 8.33. The van der Waals surface area contributed by atoms with Gasteiger partial charge in [-0.3, -0.25) is 0 Å². The normalized spacial score (nSPS) is 12.2. The fraction of sp³-hybridized carbons (Fsp3) is 0.300. The third-order valence-electron chi connectivity index (χ3n) is 4.21. The van der Waals surface area contributed by atoms with E-state index in [4.69, 9.17) is 18.6 Å². The van der Waals surface area contributed by atoms with Gasteiger partial charge in [0.25, 0.3) is 0 Å². The number of ether oxygens (including phenoxy) is 3. The zero-order valence-corrected chi connectivity index (χ0v) is 15.1. The molecule has 0 unspecified atom stereocenters. The van der Waals surface area contributed by atoms with Gasteiger partial charge in [0.05, 0.1) is 19.1 Å². The molecule has 0 spiro atoms. The smallest absolute Gasteiger partial charge is 0.347 e. The maximum atomic E-state index is 12.4. The molecular formula is C20H20O6. The molecule has 0 N–H and O–H groups in total. The summed E-state index contributed by atoms with van der Waals surface area (Å²) in [5, 5.41) is 2.01. The molecule has 6 heteroatoms. The van der Waals surface area contributed by atoms with Gasteiger partial charge >= 0.3 is 11.6 Å². The highest BCUT2D eigenvalue weighted by molar-refractivity contribution is 6.06. The van der Waals surface area contributed by atoms with Crippen LogP contribution in [0.25, 0.3) is 21.7 Å². The van der Waals surface area contributed by atoms with Crippen molar-refractivity contribution < 1.29 is 23.4 Å². The van der Waals surface area contributed by atoms with Crippen LogP contribution in [0.3, 0.4) is 0 Å². The number of hydrogen-bond acceptors (Lipinski definition) is 6. The zero-order valence-electron chi connectivity index (χ0n) is 15.1. The molecule has 1 atom stereocenters. The van der Waals surface area contributed by atoms with E-state index in [2.05, 4.69) is 0 Å². The minimum atomic E-state index is -0.762. The molecular weight excluding hydrogens is 336 g/mol. The molecule has 0 aliphatic rings. The number of hydrogen-bond donors (Lipinski definition) is 0. The SMILES string of the molecule is CCOC(=O)[C@@H](C)Oc1ccc2c(oc(=O)c3cc(OC)ccc32)c1C. The number of carbonyl (C=O) groups is 1. The minimum absolute atomic E-state index is 0.285. The maximum absolute atomic E-state index is 12.4. The van der Waals surface area contributed by atoms with E-state index in [0.717, 1.165) is 10.8 Å². The van der Waals surface area contributed by atoms with Gasteiger partial charge in [-0.1, -0.05) is 0 Å². The first-order chi connectivity index (χ1) is 12.5. The van der Waals surface area contributed by atoms with Crippen LogP contribution in [0.15, 0.2) is 39.5 Å². The number of fused-ring (bicyclic) bond motifs is 3. The van der Waals surface area contributed by atoms with E-state index in [9.17, 15) is 9.59 Å². The number of benzene rings is 2. The van der Waals surface area contributed by atoms with Crippen molar-refractivity contribution >= 4 is 27.7 Å². The van der Waals surface area contributed by atoms with Gasteiger partial charge in [-0.05, 0) is 51.1 Å². The standard InChI is InChI=1S/C20H20O6/c1-5-24-19(21)12(3)25-17-9-8-15-14-7-6-13(23-4)10-16(14)20(22)26-18(15)11(17)2/h6-10,12H,5H2,1-4H3/t12-/m1/s1. The molecule has 0 saturated carbocycles. The fourth-order valence-corrected chi connectivity index (χ4v) is 2.84. The van der Waals surface area contributed by atoms with Crippen LogP contribution in [-0.2, 0) is 9.53 Å². The highest BCUT2D eigenvalue weighted by Crippen LogP contribution is 2.32. The zero-order chi connectivity index (χ0) is 18.8. The second kappa shape index (κ2) is 7.07. The summed E-state index contributed by atoms with van der Waals surface area (Å²) in [6.07, 6.45) is -0.762. The quantitative estimate of drug-likeness (QED) is 0.395. The Balaban J connectivity index is 2.11. The molecule has 136 valence electrons. The van der Waals surface area contributed by atoms with Gasteiger partial charge in [-0.2, -0.15) is 0 Å². The van der Waals surface area contributed by atoms with Crippen molar-refractivity contribution in [2.45, 2.75) is 26.9 Å². The predicted molar refractivity (Wildman–Crippen MR) is 98.0 cm³/mol. The van der Waals surface area contributed by atoms with Crippen LogP contribution in [-0.4, -0.2) is 25.8 Å². The summed E-state index contributed by atoms with van der Waals surface area (Å²) < 4.78 is 21.4. The Morgan fingerprint density at radius 3 is 2.58 bits per heavy atom. The van der Waals surface area contributed by atoms with Gasteiger partial charge in [-0.15, -0.1) is 0 Å². The van der Waals surface area contributed by atoms with Crippen LogP contribution in [0.2, 0.25) is 0 Å². The van der Waals surface area contributed by atoms with Crippen molar-refractivity contribution in [1.29, 1.82) is 0 Å². The van der Waals surface area contributed by atoms with E-state index in [-0.39, 0.29) is 6.61 Å². The van der Waals surface area contributed by atoms with Crippen LogP contribution >= 0.6 is 0 Å². The summed E-state index contributed by atoms with van der Waals surface area (Å²) in [4.78, 5) is 24.2. The second-order valence-corrected chi connectivity index (χ2v) is 5.88. The van der Waals surface area contributed by atoms with Crippen LogP contribution in [0.5, 0.6) is 11.5 Å². The molecule has 0 radical (unpaired) electrons. The number of aryl methyl sites for hydroxylation is 1. The molecule has 6 nitrogen and oxygen atoms in total. The van der Waals surface area contributed by atoms with Crippen LogP contribution in [0.4, 0.5) is 0 Å². The predicted octanol–water partition coefficient (Wildman–Crippen LogP) is 3.59. The van der Waals surface area contributed by atoms with E-state index in [1.54, 1.807) is 46.1 Å². The third-order valence-corrected chi connectivity index (χ3v) is 4.21. The van der Waals surface area contributed by atoms with E-state index < -0.39 is 17.7 Å². The van der Waals surface area contributed by atoms with Gasteiger partial charge in [0.1, 0.15) is 17.1 Å². The first kappa shape index (κ1) is 17.8. The van der Waals surface area contributed by atoms with E-state index in [1.807, 2.05) is 12.1 Å². The van der Waals surface area contributed by atoms with Gasteiger partial charge in [0.15, 0.2) is 6.10 Å². The monoisotopic (exact) mass is 356 g/mol. The lowest BCUT2D eigenvalue weighted by molar-refractivity contribution is -0.150. The van der Waals surface area contributed by atoms with Gasteiger partial charge < -0.3 is 18.6 Å². The Morgan fingerprint density at radius 1 is 1.15 bits per heavy atom. The van der Waals surface area contributed by atoms with Crippen molar-refractivity contribution in [3.63, 3.8) is 0 Å². The molecule has 0 aliphatic carbocycles. The van der Waals surface area contributed by atoms with E-state index in [0.29, 0.717) is 28.0 Å². The van der Waals surface area contributed by atoms with Crippen molar-refractivity contribution in [2.24, 2.45) is 0 Å². The van der Waals surface area contributed by atoms with E-state index in [1.165, 1.54) is 0 Å². The summed E-state index contributed by atoms with van der Waals surface area (Å²) in [7, 11) is 1.54. The van der Waals surface area contributed by atoms with Gasteiger partial charge in [-0.25, -0.2) is 9.59 Å². The molecule has 3 aromatic rings. The first-order valence-corrected chi connectivity index (χ1v) is 8.33. The van der Waals surface area contributed by atoms with Gasteiger partial charge in [0.2, 0.25) is 0 Å². The topological polar surface area (TPSA) is 75.0 Å². The largest absolute Gasteiger partial charge is 0.497 e. The molecule has 0 fully saturated rings. The van der Waals surface area contributed by atoms with Crippen molar-refractivity contribution in [3.8, 4) is 11.5 Å². The molecule has 1 heterocycles. The third kappa shape index (κ3) is 3.10. The average Bonchev–Trinajstić information content (AvgIpc) is 2.64. The average molecular weight is 356 g/mol. The molecule has 0 amide bonds. The number of methoxy groups -OCH3 is 1. The van der Waals surface area contributed by atoms with Crippen LogP contribution in [0.1, 0.15) is 19.4 Å². The lowest BCUT2D eigenvalue weighted by Crippen LogP contribution is -2.26. The molecule has 0 bridgehead atoms. The highest BCUT2D eigenvalue weighted by Gasteiger charge is 2.19. The summed E-state index contributed by atoms with van der Waals surface area (Å²) in [5.41, 5.74) is 0.625. The fourth-order valence-electron chi connectivity index (χ4n) is 2.84. The Morgan fingerprint density at radius 2 is 1.88 bits per heavy atom. The Kier molecular flexibility index (Phi) is 4.84. The molecule has 2 aromatic carbocycles. The summed E-state index contributed by atoms with van der Waals surface area (Å²) in [5.74, 6) is 0.609. The molecule has 0 aliphatic heterocycles. The van der Waals surface area contributed by atoms with Crippen LogP contribution in [0, 0.1) is 6.92 Å². The van der Waals surface area contributed by atoms with Crippen molar-refractivity contribution in [2.75, 3.05) is 13.7 Å². The second-order valence-electron chi connectivity index (χ2n) is 5.88. The summed E-state index contributed by atoms with van der Waals surface area (Å²) in [6.45, 7) is 5.42. The maximum Gasteiger partial charge on any atom is 0.347 e. The lowest BCUT2D eigenvalue weighted by atomic mass is 10.0. The number of rotatable bonds is 5. The Labute approximate surface area is 150 Å². The van der Waals surface area contributed by atoms with Crippen molar-refractivity contribution in [3.05, 3.63) is 46.3 Å². The van der Waals surface area contributed by atoms with E-state index >= 15 is 0 Å². The lowest BCUT2D eigenvalue weighted by Gasteiger charge is -2.16. The molecule has 3 rings (SSSR count). The number of esters is 1. The molecule has 1 aromatic heterocycles. The molecule has 26 heavy (non-hydrogen) atoms. The minimum Gasteiger partial charge on any atom is -0.497 e. The number of carbonyl (C=O) groups excluding carboxylic acids is 1. The summed E-state index contributed by atoms with van der Waals surface area (Å²) in [6, 6.07) is 8.85. The summed E-state index contributed by atoms with van der Waals surface area (Å²) >= 11 is 0. The Hall–Kier alpha value is -3.02. The Bertz CT molecular complexity index is 1030.